The third-order valence-corrected chi connectivity index (χ3v) is 3.78. The van der Waals surface area contributed by atoms with Crippen LogP contribution in [0.4, 0.5) is 0 Å². The zero-order valence-electron chi connectivity index (χ0n) is 11.1. The number of nitrogens with zero attached hydrogens (tertiary/aromatic N) is 1. The molecule has 0 bridgehead atoms. The molecule has 2 atom stereocenters. The molecule has 2 rings (SSSR count). The molecule has 5 nitrogen and oxygen atoms in total. The van der Waals surface area contributed by atoms with Gasteiger partial charge in [0.15, 0.2) is 0 Å². The fourth-order valence-electron chi connectivity index (χ4n) is 2.58. The molecule has 2 N–H and O–H groups in total. The number of rotatable bonds is 5. The lowest BCUT2D eigenvalue weighted by molar-refractivity contribution is 0.0937. The number of ether oxygens (including phenoxy) is 1. The Morgan fingerprint density at radius 1 is 1.47 bits per heavy atom. The Labute approximate surface area is 113 Å². The van der Waals surface area contributed by atoms with E-state index in [1.165, 1.54) is 13.3 Å². The fraction of sp³-hybridized carbons (Fsp3) is 0.571. The molecule has 19 heavy (non-hydrogen) atoms. The van der Waals surface area contributed by atoms with Crippen LogP contribution in [0.15, 0.2) is 18.3 Å². The van der Waals surface area contributed by atoms with Gasteiger partial charge in [0.2, 0.25) is 5.88 Å². The molecule has 0 aliphatic heterocycles. The molecule has 0 aromatic carbocycles. The number of carbonyl (C=O) groups is 1. The van der Waals surface area contributed by atoms with Crippen molar-refractivity contribution in [1.29, 1.82) is 0 Å². The molecule has 1 aromatic rings. The van der Waals surface area contributed by atoms with Gasteiger partial charge in [-0.2, -0.15) is 0 Å². The Balaban J connectivity index is 1.86. The molecule has 1 aromatic heterocycles. The number of hydrogen-bond acceptors (Lipinski definition) is 4. The smallest absolute Gasteiger partial charge is 0.252 e. The van der Waals surface area contributed by atoms with Crippen LogP contribution in [-0.4, -0.2) is 36.3 Å². The Morgan fingerprint density at radius 2 is 2.26 bits per heavy atom. The molecule has 104 valence electrons. The summed E-state index contributed by atoms with van der Waals surface area (Å²) in [6, 6.07) is 3.36. The maximum atomic E-state index is 11.9. The second-order valence-corrected chi connectivity index (χ2v) is 4.93. The molecule has 1 heterocycles. The molecule has 2 unspecified atom stereocenters. The number of aromatic nitrogens is 1. The Kier molecular flexibility index (Phi) is 4.74. The SMILES string of the molecule is COc1ccc(C(=O)NCC2CCCC2CO)cn1. The first-order valence-electron chi connectivity index (χ1n) is 6.63. The molecule has 1 saturated carbocycles. The quantitative estimate of drug-likeness (QED) is 0.839. The van der Waals surface area contributed by atoms with Crippen molar-refractivity contribution in [1.82, 2.24) is 10.3 Å². The number of amides is 1. The van der Waals surface area contributed by atoms with E-state index < -0.39 is 0 Å². The highest BCUT2D eigenvalue weighted by molar-refractivity contribution is 5.93. The van der Waals surface area contributed by atoms with Crippen molar-refractivity contribution < 1.29 is 14.6 Å². The summed E-state index contributed by atoms with van der Waals surface area (Å²) in [6.45, 7) is 0.834. The molecule has 5 heteroatoms. The molecule has 0 spiro atoms. The number of aliphatic hydroxyl groups is 1. The van der Waals surface area contributed by atoms with E-state index in [2.05, 4.69) is 10.3 Å². The van der Waals surface area contributed by atoms with Gasteiger partial charge in [0, 0.05) is 25.4 Å². The Hall–Kier alpha value is -1.62. The van der Waals surface area contributed by atoms with Crippen LogP contribution in [0.1, 0.15) is 29.6 Å². The molecular weight excluding hydrogens is 244 g/mol. The summed E-state index contributed by atoms with van der Waals surface area (Å²) >= 11 is 0. The normalized spacial score (nSPS) is 22.2. The zero-order valence-corrected chi connectivity index (χ0v) is 11.1. The highest BCUT2D eigenvalue weighted by Gasteiger charge is 2.26. The van der Waals surface area contributed by atoms with E-state index in [1.807, 2.05) is 0 Å². The first-order valence-corrected chi connectivity index (χ1v) is 6.63. The average molecular weight is 264 g/mol. The minimum absolute atomic E-state index is 0.126. The minimum atomic E-state index is -0.126. The molecule has 1 fully saturated rings. The van der Waals surface area contributed by atoms with Gasteiger partial charge in [0.25, 0.3) is 5.91 Å². The van der Waals surface area contributed by atoms with Crippen molar-refractivity contribution in [3.05, 3.63) is 23.9 Å². The summed E-state index contributed by atoms with van der Waals surface area (Å²) < 4.78 is 4.95. The second-order valence-electron chi connectivity index (χ2n) is 4.93. The monoisotopic (exact) mass is 264 g/mol. The number of methoxy groups -OCH3 is 1. The lowest BCUT2D eigenvalue weighted by atomic mass is 9.97. The van der Waals surface area contributed by atoms with Gasteiger partial charge in [-0.1, -0.05) is 6.42 Å². The van der Waals surface area contributed by atoms with Crippen LogP contribution in [0.2, 0.25) is 0 Å². The van der Waals surface area contributed by atoms with Crippen molar-refractivity contribution >= 4 is 5.91 Å². The predicted molar refractivity (Wildman–Crippen MR) is 71.0 cm³/mol. The fourth-order valence-corrected chi connectivity index (χ4v) is 2.58. The van der Waals surface area contributed by atoms with Crippen molar-refractivity contribution in [2.75, 3.05) is 20.3 Å². The van der Waals surface area contributed by atoms with Gasteiger partial charge in [-0.05, 0) is 30.7 Å². The van der Waals surface area contributed by atoms with Gasteiger partial charge in [0.05, 0.1) is 12.7 Å². The molecule has 0 saturated heterocycles. The van der Waals surface area contributed by atoms with Gasteiger partial charge in [-0.15, -0.1) is 0 Å². The van der Waals surface area contributed by atoms with E-state index in [0.717, 1.165) is 19.3 Å². The summed E-state index contributed by atoms with van der Waals surface area (Å²) in [5, 5.41) is 12.2. The van der Waals surface area contributed by atoms with Gasteiger partial charge < -0.3 is 15.2 Å². The van der Waals surface area contributed by atoms with E-state index in [0.29, 0.717) is 29.8 Å². The summed E-state index contributed by atoms with van der Waals surface area (Å²) in [5.41, 5.74) is 0.527. The van der Waals surface area contributed by atoms with Crippen LogP contribution in [0, 0.1) is 11.8 Å². The first kappa shape index (κ1) is 13.8. The maximum absolute atomic E-state index is 11.9. The lowest BCUT2D eigenvalue weighted by Gasteiger charge is -2.17. The zero-order chi connectivity index (χ0) is 13.7. The number of hydrogen-bond donors (Lipinski definition) is 2. The van der Waals surface area contributed by atoms with E-state index >= 15 is 0 Å². The van der Waals surface area contributed by atoms with E-state index in [1.54, 1.807) is 12.1 Å². The largest absolute Gasteiger partial charge is 0.481 e. The highest BCUT2D eigenvalue weighted by atomic mass is 16.5. The summed E-state index contributed by atoms with van der Waals surface area (Å²) in [6.07, 6.45) is 4.77. The van der Waals surface area contributed by atoms with Crippen LogP contribution < -0.4 is 10.1 Å². The third-order valence-electron chi connectivity index (χ3n) is 3.78. The molecular formula is C14H20N2O3. The molecule has 1 aliphatic rings. The summed E-state index contributed by atoms with van der Waals surface area (Å²) in [5.74, 6) is 1.08. The van der Waals surface area contributed by atoms with Gasteiger partial charge in [-0.3, -0.25) is 4.79 Å². The summed E-state index contributed by atoms with van der Waals surface area (Å²) in [7, 11) is 1.54. The van der Waals surface area contributed by atoms with Crippen LogP contribution in [0.25, 0.3) is 0 Å². The lowest BCUT2D eigenvalue weighted by Crippen LogP contribution is -2.31. The van der Waals surface area contributed by atoms with Crippen LogP contribution in [0.3, 0.4) is 0 Å². The van der Waals surface area contributed by atoms with Crippen LogP contribution in [0.5, 0.6) is 5.88 Å². The van der Waals surface area contributed by atoms with Gasteiger partial charge in [-0.25, -0.2) is 4.98 Å². The topological polar surface area (TPSA) is 71.5 Å². The van der Waals surface area contributed by atoms with Crippen LogP contribution >= 0.6 is 0 Å². The van der Waals surface area contributed by atoms with E-state index in [4.69, 9.17) is 4.74 Å². The van der Waals surface area contributed by atoms with Crippen molar-refractivity contribution in [3.63, 3.8) is 0 Å². The van der Waals surface area contributed by atoms with Crippen molar-refractivity contribution in [2.45, 2.75) is 19.3 Å². The first-order chi connectivity index (χ1) is 9.24. The number of pyridine rings is 1. The second kappa shape index (κ2) is 6.52. The minimum Gasteiger partial charge on any atom is -0.481 e. The van der Waals surface area contributed by atoms with Crippen LogP contribution in [-0.2, 0) is 0 Å². The summed E-state index contributed by atoms with van der Waals surface area (Å²) in [4.78, 5) is 15.9. The number of aliphatic hydroxyl groups excluding tert-OH is 1. The Morgan fingerprint density at radius 3 is 2.89 bits per heavy atom. The number of nitrogens with one attached hydrogen (secondary N) is 1. The highest BCUT2D eigenvalue weighted by Crippen LogP contribution is 2.30. The standard InChI is InChI=1S/C14H20N2O3/c1-19-13-6-5-11(8-15-13)14(18)16-7-10-3-2-4-12(10)9-17/h5-6,8,10,12,17H,2-4,7,9H2,1H3,(H,16,18). The number of carbonyl (C=O) groups excluding carboxylic acids is 1. The molecule has 1 amide bonds. The molecule has 0 radical (unpaired) electrons. The third kappa shape index (κ3) is 3.44. The predicted octanol–water partition coefficient (Wildman–Crippen LogP) is 1.23. The average Bonchev–Trinajstić information content (AvgIpc) is 2.92. The van der Waals surface area contributed by atoms with Crippen molar-refractivity contribution in [2.24, 2.45) is 11.8 Å². The van der Waals surface area contributed by atoms with E-state index in [9.17, 15) is 9.90 Å². The van der Waals surface area contributed by atoms with E-state index in [-0.39, 0.29) is 12.5 Å². The maximum Gasteiger partial charge on any atom is 0.252 e. The molecule has 1 aliphatic carbocycles. The van der Waals surface area contributed by atoms with Gasteiger partial charge in [0.1, 0.15) is 0 Å². The van der Waals surface area contributed by atoms with Gasteiger partial charge >= 0.3 is 0 Å². The Bertz CT molecular complexity index is 419. The van der Waals surface area contributed by atoms with Crippen molar-refractivity contribution in [3.8, 4) is 5.88 Å².